The van der Waals surface area contributed by atoms with Gasteiger partial charge in [-0.05, 0) is 45.6 Å². The molecule has 0 bridgehead atoms. The first-order valence-corrected chi connectivity index (χ1v) is 8.42. The van der Waals surface area contributed by atoms with Crippen molar-refractivity contribution in [2.75, 3.05) is 26.2 Å². The predicted octanol–water partition coefficient (Wildman–Crippen LogP) is 2.62. The van der Waals surface area contributed by atoms with Gasteiger partial charge in [-0.3, -0.25) is 9.79 Å². The van der Waals surface area contributed by atoms with Crippen LogP contribution in [0, 0.1) is 6.92 Å². The highest BCUT2D eigenvalue weighted by Crippen LogP contribution is 2.07. The monoisotopic (exact) mass is 432 g/mol. The van der Waals surface area contributed by atoms with E-state index in [2.05, 4.69) is 17.1 Å². The minimum Gasteiger partial charge on any atom is -0.357 e. The number of nitrogens with one attached hydrogen (secondary N) is 1. The third-order valence-electron chi connectivity index (χ3n) is 4.06. The first-order chi connectivity index (χ1) is 10.7. The van der Waals surface area contributed by atoms with Crippen LogP contribution in [0.3, 0.4) is 0 Å². The van der Waals surface area contributed by atoms with E-state index in [1.807, 2.05) is 23.6 Å². The molecule has 5 nitrogen and oxygen atoms in total. The average Bonchev–Trinajstić information content (AvgIpc) is 3.02. The summed E-state index contributed by atoms with van der Waals surface area (Å²) in [6, 6.07) is 5.43. The summed E-state index contributed by atoms with van der Waals surface area (Å²) in [4.78, 5) is 18.8. The molecule has 0 saturated carbocycles. The molecule has 0 amide bonds. The Bertz CT molecular complexity index is 550. The Morgan fingerprint density at radius 1 is 1.26 bits per heavy atom. The van der Waals surface area contributed by atoms with Gasteiger partial charge in [0.15, 0.2) is 5.96 Å². The number of aromatic nitrogens is 1. The van der Waals surface area contributed by atoms with Crippen molar-refractivity contribution < 1.29 is 0 Å². The molecule has 1 fully saturated rings. The van der Waals surface area contributed by atoms with Gasteiger partial charge in [-0.1, -0.05) is 6.07 Å². The van der Waals surface area contributed by atoms with Crippen LogP contribution in [0.15, 0.2) is 28.0 Å². The summed E-state index contributed by atoms with van der Waals surface area (Å²) in [6.07, 6.45) is 4.51. The van der Waals surface area contributed by atoms with Crippen molar-refractivity contribution in [3.8, 4) is 0 Å². The molecule has 23 heavy (non-hydrogen) atoms. The van der Waals surface area contributed by atoms with E-state index in [0.29, 0.717) is 0 Å². The zero-order valence-corrected chi connectivity index (χ0v) is 16.6. The molecule has 1 N–H and O–H groups in total. The molecule has 2 rings (SSSR count). The molecule has 1 saturated heterocycles. The van der Waals surface area contributed by atoms with Crippen LogP contribution in [-0.2, 0) is 6.54 Å². The van der Waals surface area contributed by atoms with Gasteiger partial charge in [-0.15, -0.1) is 24.0 Å². The van der Waals surface area contributed by atoms with E-state index in [4.69, 9.17) is 4.99 Å². The fourth-order valence-corrected chi connectivity index (χ4v) is 2.83. The number of nitrogens with zero attached hydrogens (tertiary/aromatic N) is 3. The van der Waals surface area contributed by atoms with Gasteiger partial charge in [-0.2, -0.15) is 0 Å². The fraction of sp³-hybridized carbons (Fsp3) is 0.647. The lowest BCUT2D eigenvalue weighted by molar-refractivity contribution is 0.492. The minimum atomic E-state index is 0. The Labute approximate surface area is 156 Å². The Morgan fingerprint density at radius 2 is 2.00 bits per heavy atom. The van der Waals surface area contributed by atoms with E-state index in [1.54, 1.807) is 6.07 Å². The molecule has 0 aliphatic carbocycles. The van der Waals surface area contributed by atoms with Crippen molar-refractivity contribution in [2.45, 2.75) is 46.1 Å². The fourth-order valence-electron chi connectivity index (χ4n) is 2.83. The summed E-state index contributed by atoms with van der Waals surface area (Å²) in [5.41, 5.74) is 1.12. The lowest BCUT2D eigenvalue weighted by Crippen LogP contribution is -2.39. The third-order valence-corrected chi connectivity index (χ3v) is 4.06. The molecule has 1 aromatic rings. The van der Waals surface area contributed by atoms with E-state index < -0.39 is 0 Å². The highest BCUT2D eigenvalue weighted by Gasteiger charge is 2.14. The molecule has 0 atom stereocenters. The van der Waals surface area contributed by atoms with E-state index >= 15 is 0 Å². The van der Waals surface area contributed by atoms with Gasteiger partial charge in [-0.25, -0.2) is 0 Å². The molecule has 1 aliphatic heterocycles. The second-order valence-electron chi connectivity index (χ2n) is 5.79. The standard InChI is InChI=1S/C17H28N4O.HI/c1-3-18-17(20-12-6-7-13-20)19-11-4-5-14-21-15(2)9-8-10-16(21)22;/h8-10H,3-7,11-14H2,1-2H3,(H,18,19);1H. The molecule has 0 spiro atoms. The van der Waals surface area contributed by atoms with E-state index in [9.17, 15) is 4.79 Å². The molecule has 0 radical (unpaired) electrons. The van der Waals surface area contributed by atoms with Crippen LogP contribution < -0.4 is 10.9 Å². The van der Waals surface area contributed by atoms with Gasteiger partial charge in [0.2, 0.25) is 0 Å². The van der Waals surface area contributed by atoms with Crippen LogP contribution in [0.5, 0.6) is 0 Å². The number of rotatable bonds is 6. The van der Waals surface area contributed by atoms with Crippen molar-refractivity contribution in [1.82, 2.24) is 14.8 Å². The van der Waals surface area contributed by atoms with Gasteiger partial charge >= 0.3 is 0 Å². The third kappa shape index (κ3) is 6.16. The van der Waals surface area contributed by atoms with Crippen LogP contribution >= 0.6 is 24.0 Å². The average molecular weight is 432 g/mol. The summed E-state index contributed by atoms with van der Waals surface area (Å²) in [6.45, 7) is 8.83. The summed E-state index contributed by atoms with van der Waals surface area (Å²) in [5, 5.41) is 3.37. The van der Waals surface area contributed by atoms with E-state index in [-0.39, 0.29) is 29.5 Å². The summed E-state index contributed by atoms with van der Waals surface area (Å²) >= 11 is 0. The number of guanidine groups is 1. The second-order valence-corrected chi connectivity index (χ2v) is 5.79. The molecule has 0 unspecified atom stereocenters. The molecule has 1 aliphatic rings. The number of likely N-dealkylation sites (tertiary alicyclic amines) is 1. The van der Waals surface area contributed by atoms with Crippen LogP contribution in [-0.4, -0.2) is 41.6 Å². The van der Waals surface area contributed by atoms with Crippen molar-refractivity contribution in [3.63, 3.8) is 0 Å². The number of aryl methyl sites for hydroxylation is 1. The topological polar surface area (TPSA) is 49.6 Å². The lowest BCUT2D eigenvalue weighted by Gasteiger charge is -2.20. The van der Waals surface area contributed by atoms with Gasteiger partial charge in [0, 0.05) is 44.5 Å². The van der Waals surface area contributed by atoms with Crippen LogP contribution in [0.25, 0.3) is 0 Å². The van der Waals surface area contributed by atoms with E-state index in [1.165, 1.54) is 12.8 Å². The van der Waals surface area contributed by atoms with Crippen LogP contribution in [0.1, 0.15) is 38.3 Å². The molecule has 0 aromatic carbocycles. The Kier molecular flexibility index (Phi) is 9.28. The first-order valence-electron chi connectivity index (χ1n) is 8.42. The molecular weight excluding hydrogens is 403 g/mol. The summed E-state index contributed by atoms with van der Waals surface area (Å²) in [7, 11) is 0. The highest BCUT2D eigenvalue weighted by atomic mass is 127. The number of hydrogen-bond donors (Lipinski definition) is 1. The first kappa shape index (κ1) is 20.0. The SMILES string of the molecule is CCNC(=NCCCCn1c(C)cccc1=O)N1CCCC1.I. The Hall–Kier alpha value is -1.05. The highest BCUT2D eigenvalue weighted by molar-refractivity contribution is 14.0. The van der Waals surface area contributed by atoms with E-state index in [0.717, 1.165) is 57.2 Å². The smallest absolute Gasteiger partial charge is 0.250 e. The Balaban J connectivity index is 0.00000264. The zero-order chi connectivity index (χ0) is 15.8. The van der Waals surface area contributed by atoms with Crippen molar-refractivity contribution in [3.05, 3.63) is 34.2 Å². The van der Waals surface area contributed by atoms with Crippen LogP contribution in [0.4, 0.5) is 0 Å². The number of pyridine rings is 1. The van der Waals surface area contributed by atoms with Crippen molar-refractivity contribution in [2.24, 2.45) is 4.99 Å². The maximum Gasteiger partial charge on any atom is 0.250 e. The lowest BCUT2D eigenvalue weighted by atomic mass is 10.3. The summed E-state index contributed by atoms with van der Waals surface area (Å²) in [5.74, 6) is 1.05. The largest absolute Gasteiger partial charge is 0.357 e. The quantitative estimate of drug-likeness (QED) is 0.326. The van der Waals surface area contributed by atoms with Crippen molar-refractivity contribution in [1.29, 1.82) is 0 Å². The maximum atomic E-state index is 11.8. The molecule has 1 aromatic heterocycles. The predicted molar refractivity (Wildman–Crippen MR) is 107 cm³/mol. The minimum absolute atomic E-state index is 0. The second kappa shape index (κ2) is 10.7. The maximum absolute atomic E-state index is 11.8. The molecular formula is C17H29IN4O. The number of unbranched alkanes of at least 4 members (excludes halogenated alkanes) is 1. The normalized spacial score (nSPS) is 14.7. The van der Waals surface area contributed by atoms with Crippen LogP contribution in [0.2, 0.25) is 0 Å². The molecule has 130 valence electrons. The van der Waals surface area contributed by atoms with Gasteiger partial charge in [0.05, 0.1) is 0 Å². The number of hydrogen-bond acceptors (Lipinski definition) is 2. The van der Waals surface area contributed by atoms with Gasteiger partial charge in [0.25, 0.3) is 5.56 Å². The number of aliphatic imine (C=N–C) groups is 1. The number of halogens is 1. The zero-order valence-electron chi connectivity index (χ0n) is 14.3. The van der Waals surface area contributed by atoms with Crippen molar-refractivity contribution >= 4 is 29.9 Å². The molecule has 2 heterocycles. The summed E-state index contributed by atoms with van der Waals surface area (Å²) < 4.78 is 1.84. The van der Waals surface area contributed by atoms with Gasteiger partial charge in [0.1, 0.15) is 0 Å². The van der Waals surface area contributed by atoms with Gasteiger partial charge < -0.3 is 14.8 Å². The Morgan fingerprint density at radius 3 is 2.65 bits per heavy atom. The molecule has 6 heteroatoms.